The standard InChI is InChI=1S/C17H13N5O.C17H12N2O2.C16H12N4O.C16H10N2O2.C13H9ClO2.C13H10O3/c18-16-14-15(21-22-17(14)20-10-19-16)11-6-8-13(9-7-11)23-12-4-2-1-3-5-12;1-20-17(14(11-18)12-19)13-7-9-16(10-8-13)21-15-5-3-2-4-6-15;1-18-15-14(19-20-16(15)17)11-7-9-13(10-8-11)21-12-5-3-2-4-6-12;17-10-13(11-18)16(19)12-6-8-15(9-7-12)20-14-4-2-1-3-5-14;2*14-13(15)10-6-8-12(9-7-10)16-11-4-2-1-3-5-11/h1-10H,(H3,18,19,20,21,22);2-10H,1H3;2-10H,(H3,17,19,20);1-9,19H;1-9H;1-9H,(H,14,15). The first kappa shape index (κ1) is 82.3. The average Bonchev–Trinajstić information content (AvgIpc) is 1.67. The Bertz CT molecular complexity index is 5910. The molecule has 117 heavy (non-hydrogen) atoms. The van der Waals surface area contributed by atoms with E-state index in [0.717, 1.165) is 62.5 Å². The third-order valence-corrected chi connectivity index (χ3v) is 16.2. The first-order valence-electron chi connectivity index (χ1n) is 35.0. The van der Waals surface area contributed by atoms with Crippen LogP contribution < -0.4 is 39.9 Å². The predicted octanol–water partition coefficient (Wildman–Crippen LogP) is 22.1. The maximum absolute atomic E-state index is 10.8. The highest BCUT2D eigenvalue weighted by molar-refractivity contribution is 6.67. The molecule has 0 spiro atoms. The molecule has 8 N–H and O–H groups in total. The number of ether oxygens (including phenoxy) is 7. The van der Waals surface area contributed by atoms with Gasteiger partial charge in [-0.05, 0) is 223 Å². The predicted molar refractivity (Wildman–Crippen MR) is 444 cm³/mol. The van der Waals surface area contributed by atoms with Crippen LogP contribution in [-0.2, 0) is 4.74 Å². The zero-order valence-corrected chi connectivity index (χ0v) is 62.6. The summed E-state index contributed by atoms with van der Waals surface area (Å²) in [7, 11) is 1.43. The number of aromatic carboxylic acids is 1. The lowest BCUT2D eigenvalue weighted by Gasteiger charge is -2.08. The zero-order chi connectivity index (χ0) is 82.5. The van der Waals surface area contributed by atoms with Gasteiger partial charge in [-0.25, -0.2) is 19.6 Å². The molecular formula is C92H66ClN13O11. The molecular weight excluding hydrogens is 1500 g/mol. The van der Waals surface area contributed by atoms with Gasteiger partial charge in [-0.3, -0.25) is 15.0 Å². The van der Waals surface area contributed by atoms with Gasteiger partial charge < -0.3 is 54.8 Å². The van der Waals surface area contributed by atoms with Crippen LogP contribution in [0.15, 0.2) is 345 Å². The Morgan fingerprint density at radius 3 is 1.00 bits per heavy atom. The van der Waals surface area contributed by atoms with Crippen LogP contribution in [0.5, 0.6) is 69.0 Å². The molecule has 15 rings (SSSR count). The highest BCUT2D eigenvalue weighted by Crippen LogP contribution is 2.36. The summed E-state index contributed by atoms with van der Waals surface area (Å²) in [5, 5.41) is 67.7. The molecule has 3 aromatic heterocycles. The molecule has 0 fully saturated rings. The number of carbonyl (C=O) groups excluding carboxylic acids is 1. The number of allylic oxidation sites excluding steroid dienone is 2. The normalized spacial score (nSPS) is 9.79. The fraction of sp³-hybridized carbons (Fsp3) is 0.0109. The summed E-state index contributed by atoms with van der Waals surface area (Å²) in [6.07, 6.45) is 1.40. The second kappa shape index (κ2) is 42.7. The highest BCUT2D eigenvalue weighted by atomic mass is 35.5. The number of carbonyl (C=O) groups is 2. The lowest BCUT2D eigenvalue weighted by molar-refractivity contribution is 0.0696. The summed E-state index contributed by atoms with van der Waals surface area (Å²) in [5.41, 5.74) is 17.0. The number of carboxylic acids is 1. The average molecular weight is 1570 g/mol. The molecule has 0 bridgehead atoms. The Morgan fingerprint density at radius 1 is 0.385 bits per heavy atom. The lowest BCUT2D eigenvalue weighted by atomic mass is 10.1. The van der Waals surface area contributed by atoms with Crippen LogP contribution in [0.25, 0.3) is 49.9 Å². The molecule has 572 valence electrons. The van der Waals surface area contributed by atoms with Crippen molar-refractivity contribution in [3.05, 3.63) is 379 Å². The summed E-state index contributed by atoms with van der Waals surface area (Å²) in [5.74, 6) is 8.14. The van der Waals surface area contributed by atoms with Gasteiger partial charge >= 0.3 is 5.97 Å². The number of nitrogens with zero attached hydrogens (tertiary/aromatic N) is 9. The van der Waals surface area contributed by atoms with Gasteiger partial charge in [0, 0.05) is 22.3 Å². The number of aliphatic hydroxyl groups is 1. The summed E-state index contributed by atoms with van der Waals surface area (Å²) >= 11 is 5.34. The molecule has 0 saturated carbocycles. The van der Waals surface area contributed by atoms with Gasteiger partial charge in [0.2, 0.25) is 0 Å². The second-order valence-electron chi connectivity index (χ2n) is 23.8. The van der Waals surface area contributed by atoms with Crippen LogP contribution in [0.3, 0.4) is 0 Å². The molecule has 3 heterocycles. The molecule has 0 aliphatic carbocycles. The fourth-order valence-electron chi connectivity index (χ4n) is 10.3. The van der Waals surface area contributed by atoms with Crippen molar-refractivity contribution in [1.29, 1.82) is 21.0 Å². The number of hydrogen-bond donors (Lipinski definition) is 6. The number of nitrogen functional groups attached to an aromatic ring is 2. The SMILES string of the molecule is COC(=C(C#N)C#N)c1ccc(Oc2ccccc2)cc1.N#CC(C#N)=C(O)c1ccc(Oc2ccccc2)cc1.Nc1ncnc2n[nH]c(-c3ccc(Oc4ccccc4)cc3)c12.O=C(Cl)c1ccc(Oc2ccccc2)cc1.O=C(O)c1ccc(Oc2ccccc2)cc1.[C-]#[N+]c1c(N)n[nH]c1-c1ccc(Oc2ccccc2)cc1. The number of benzene rings is 12. The molecule has 0 saturated heterocycles. The largest absolute Gasteiger partial charge is 0.505 e. The first-order valence-corrected chi connectivity index (χ1v) is 35.4. The van der Waals surface area contributed by atoms with Crippen molar-refractivity contribution in [2.24, 2.45) is 0 Å². The number of aromatic nitrogens is 6. The molecule has 24 nitrogen and oxygen atoms in total. The molecule has 12 aromatic carbocycles. The summed E-state index contributed by atoms with van der Waals surface area (Å²) in [4.78, 5) is 33.0. The van der Waals surface area contributed by atoms with Gasteiger partial charge in [-0.15, -0.1) is 0 Å². The van der Waals surface area contributed by atoms with Crippen molar-refractivity contribution in [2.45, 2.75) is 0 Å². The first-order chi connectivity index (χ1) is 57.1. The summed E-state index contributed by atoms with van der Waals surface area (Å²) in [6, 6.07) is 105. The topological polar surface area (TPSA) is 374 Å². The minimum atomic E-state index is -0.939. The Balaban J connectivity index is 0.000000149. The third kappa shape index (κ3) is 24.4. The van der Waals surface area contributed by atoms with Crippen molar-refractivity contribution in [2.75, 3.05) is 18.6 Å². The molecule has 0 radical (unpaired) electrons. The van der Waals surface area contributed by atoms with E-state index in [-0.39, 0.29) is 34.0 Å². The van der Waals surface area contributed by atoms with Crippen molar-refractivity contribution >= 4 is 62.7 Å². The lowest BCUT2D eigenvalue weighted by Crippen LogP contribution is -1.95. The number of anilines is 2. The Morgan fingerprint density at radius 2 is 0.684 bits per heavy atom. The zero-order valence-electron chi connectivity index (χ0n) is 61.9. The van der Waals surface area contributed by atoms with Crippen molar-refractivity contribution in [3.63, 3.8) is 0 Å². The number of carboxylic acid groups (broad SMARTS) is 1. The van der Waals surface area contributed by atoms with E-state index >= 15 is 0 Å². The monoisotopic (exact) mass is 1560 g/mol. The van der Waals surface area contributed by atoms with E-state index in [4.69, 9.17) is 89.0 Å². The Labute approximate surface area is 676 Å². The van der Waals surface area contributed by atoms with Crippen LogP contribution in [0.2, 0.25) is 0 Å². The molecule has 25 heteroatoms. The van der Waals surface area contributed by atoms with Crippen molar-refractivity contribution < 1.29 is 53.0 Å². The van der Waals surface area contributed by atoms with E-state index in [1.807, 2.05) is 243 Å². The number of aliphatic hydroxyl groups excluding tert-OH is 1. The van der Waals surface area contributed by atoms with E-state index in [0.29, 0.717) is 68.3 Å². The van der Waals surface area contributed by atoms with Crippen LogP contribution in [0.4, 0.5) is 17.3 Å². The summed E-state index contributed by atoms with van der Waals surface area (Å²) in [6.45, 7) is 7.14. The fourth-order valence-corrected chi connectivity index (χ4v) is 10.4. The minimum absolute atomic E-state index is 0.0609. The maximum atomic E-state index is 10.8. The van der Waals surface area contributed by atoms with Crippen LogP contribution in [0.1, 0.15) is 31.8 Å². The molecule has 0 aliphatic rings. The number of rotatable bonds is 19. The van der Waals surface area contributed by atoms with E-state index in [1.54, 1.807) is 97.1 Å². The number of fused-ring (bicyclic) bond motifs is 1. The molecule has 15 aromatic rings. The molecule has 0 atom stereocenters. The smallest absolute Gasteiger partial charge is 0.335 e. The summed E-state index contributed by atoms with van der Waals surface area (Å²) < 4.78 is 39.0. The van der Waals surface area contributed by atoms with Crippen LogP contribution >= 0.6 is 11.6 Å². The van der Waals surface area contributed by atoms with Crippen LogP contribution in [0, 0.1) is 51.9 Å². The van der Waals surface area contributed by atoms with E-state index in [2.05, 4.69) is 35.2 Å². The van der Waals surface area contributed by atoms with E-state index in [1.165, 1.54) is 25.6 Å². The van der Waals surface area contributed by atoms with Gasteiger partial charge in [0.25, 0.3) is 10.9 Å². The molecule has 0 unspecified atom stereocenters. The quantitative estimate of drug-likeness (QED) is 0.0189. The maximum Gasteiger partial charge on any atom is 0.335 e. The Hall–Kier alpha value is -17.2. The van der Waals surface area contributed by atoms with Gasteiger partial charge in [0.1, 0.15) is 105 Å². The number of aromatic amines is 2. The number of methoxy groups -OCH3 is 1. The van der Waals surface area contributed by atoms with Crippen molar-refractivity contribution in [3.8, 4) is 116 Å². The van der Waals surface area contributed by atoms with Crippen molar-refractivity contribution in [1.82, 2.24) is 30.4 Å². The van der Waals surface area contributed by atoms with Crippen LogP contribution in [-0.4, -0.2) is 58.9 Å². The number of H-pyrrole nitrogens is 2. The Kier molecular flexibility index (Phi) is 30.0. The van der Waals surface area contributed by atoms with Gasteiger partial charge in [-0.1, -0.05) is 121 Å². The number of nitrogens with two attached hydrogens (primary N) is 2. The minimum Gasteiger partial charge on any atom is -0.505 e. The molecule has 0 amide bonds. The van der Waals surface area contributed by atoms with E-state index in [9.17, 15) is 14.7 Å². The number of nitriles is 4. The van der Waals surface area contributed by atoms with Gasteiger partial charge in [0.15, 0.2) is 34.1 Å². The van der Waals surface area contributed by atoms with E-state index < -0.39 is 11.2 Å². The van der Waals surface area contributed by atoms with Gasteiger partial charge in [0.05, 0.1) is 36.0 Å². The third-order valence-electron chi connectivity index (χ3n) is 16.0. The number of nitrogens with one attached hydrogen (secondary N) is 2. The number of para-hydroxylation sites is 6. The second-order valence-corrected chi connectivity index (χ2v) is 24.1. The van der Waals surface area contributed by atoms with Gasteiger partial charge in [-0.2, -0.15) is 31.2 Å². The highest BCUT2D eigenvalue weighted by Gasteiger charge is 2.16. The number of halogens is 1. The number of hydrogen-bond acceptors (Lipinski definition) is 20. The molecule has 0 aliphatic heterocycles.